The van der Waals surface area contributed by atoms with Crippen LogP contribution in [0.25, 0.3) is 0 Å². The van der Waals surface area contributed by atoms with Gasteiger partial charge in [-0.05, 0) is 6.07 Å². The highest BCUT2D eigenvalue weighted by atomic mass is 32.2. The van der Waals surface area contributed by atoms with Crippen molar-refractivity contribution in [2.75, 3.05) is 5.75 Å². The van der Waals surface area contributed by atoms with Gasteiger partial charge in [0.15, 0.2) is 23.8 Å². The summed E-state index contributed by atoms with van der Waals surface area (Å²) in [5, 5.41) is 0. The minimum absolute atomic E-state index is 0.100. The second-order valence-electron chi connectivity index (χ2n) is 2.48. The zero-order valence-electron chi connectivity index (χ0n) is 6.79. The molecular formula is C7H10NO3S2+. The van der Waals surface area contributed by atoms with Gasteiger partial charge < -0.3 is 0 Å². The van der Waals surface area contributed by atoms with Crippen molar-refractivity contribution in [3.05, 3.63) is 24.5 Å². The molecule has 0 aliphatic heterocycles. The van der Waals surface area contributed by atoms with Gasteiger partial charge in [-0.2, -0.15) is 21.0 Å². The summed E-state index contributed by atoms with van der Waals surface area (Å²) in [4.78, 5) is -0.100. The number of nitrogens with zero attached hydrogens (tertiary/aromatic N) is 1. The highest BCUT2D eigenvalue weighted by Gasteiger charge is 2.13. The van der Waals surface area contributed by atoms with Gasteiger partial charge in [0.25, 0.3) is 10.1 Å². The van der Waals surface area contributed by atoms with Gasteiger partial charge >= 0.3 is 0 Å². The lowest BCUT2D eigenvalue weighted by molar-refractivity contribution is -0.694. The number of aromatic nitrogens is 1. The first-order valence-electron chi connectivity index (χ1n) is 3.61. The molecule has 0 aliphatic rings. The molecule has 72 valence electrons. The molecule has 1 aromatic rings. The average Bonchev–Trinajstić information content (AvgIpc) is 2.04. The fourth-order valence-electron chi connectivity index (χ4n) is 0.905. The molecule has 1 heterocycles. The Labute approximate surface area is 82.4 Å². The molecule has 0 spiro atoms. The first kappa shape index (κ1) is 10.5. The summed E-state index contributed by atoms with van der Waals surface area (Å²) in [6, 6.07) is 2.90. The van der Waals surface area contributed by atoms with Gasteiger partial charge in [-0.15, -0.1) is 0 Å². The van der Waals surface area contributed by atoms with Crippen LogP contribution in [0.15, 0.2) is 29.4 Å². The quantitative estimate of drug-likeness (QED) is 0.433. The summed E-state index contributed by atoms with van der Waals surface area (Å²) in [5.41, 5.74) is 0. The number of rotatable bonds is 3. The molecule has 0 radical (unpaired) electrons. The second kappa shape index (κ2) is 4.08. The van der Waals surface area contributed by atoms with E-state index < -0.39 is 10.1 Å². The van der Waals surface area contributed by atoms with E-state index in [0.29, 0.717) is 12.3 Å². The monoisotopic (exact) mass is 220 g/mol. The Bertz CT molecular complexity index is 388. The van der Waals surface area contributed by atoms with Crippen LogP contribution in [0.2, 0.25) is 0 Å². The van der Waals surface area contributed by atoms with Crippen molar-refractivity contribution in [1.82, 2.24) is 0 Å². The summed E-state index contributed by atoms with van der Waals surface area (Å²) in [6.45, 7) is 0.604. The number of thiol groups is 1. The minimum atomic E-state index is -4.09. The predicted molar refractivity (Wildman–Crippen MR) is 50.3 cm³/mol. The van der Waals surface area contributed by atoms with Crippen LogP contribution in [0.4, 0.5) is 0 Å². The van der Waals surface area contributed by atoms with Crippen LogP contribution in [-0.2, 0) is 16.7 Å². The summed E-state index contributed by atoms with van der Waals surface area (Å²) in [6.07, 6.45) is 3.08. The van der Waals surface area contributed by atoms with E-state index in [-0.39, 0.29) is 4.90 Å². The smallest absolute Gasteiger partial charge is 0.282 e. The van der Waals surface area contributed by atoms with Crippen LogP contribution in [-0.4, -0.2) is 18.7 Å². The van der Waals surface area contributed by atoms with Crippen LogP contribution < -0.4 is 4.57 Å². The molecule has 1 N–H and O–H groups in total. The van der Waals surface area contributed by atoms with Gasteiger partial charge in [-0.1, -0.05) is 0 Å². The van der Waals surface area contributed by atoms with Crippen LogP contribution in [0, 0.1) is 0 Å². The van der Waals surface area contributed by atoms with E-state index in [9.17, 15) is 8.42 Å². The van der Waals surface area contributed by atoms with E-state index in [2.05, 4.69) is 12.6 Å². The Morgan fingerprint density at radius 3 is 2.77 bits per heavy atom. The van der Waals surface area contributed by atoms with E-state index in [4.69, 9.17) is 4.55 Å². The molecule has 1 aromatic heterocycles. The minimum Gasteiger partial charge on any atom is -0.282 e. The molecule has 0 bridgehead atoms. The lowest BCUT2D eigenvalue weighted by atomic mass is 10.5. The fraction of sp³-hybridized carbons (Fsp3) is 0.286. The Morgan fingerprint density at radius 1 is 1.54 bits per heavy atom. The van der Waals surface area contributed by atoms with Crippen molar-refractivity contribution in [1.29, 1.82) is 0 Å². The van der Waals surface area contributed by atoms with Gasteiger partial charge in [0, 0.05) is 11.8 Å². The van der Waals surface area contributed by atoms with Crippen molar-refractivity contribution in [2.24, 2.45) is 0 Å². The van der Waals surface area contributed by atoms with Crippen LogP contribution in [0.1, 0.15) is 0 Å². The molecular weight excluding hydrogens is 210 g/mol. The van der Waals surface area contributed by atoms with Gasteiger partial charge in [0.2, 0.25) is 0 Å². The average molecular weight is 220 g/mol. The molecule has 6 heteroatoms. The Hall–Kier alpha value is -0.590. The maximum atomic E-state index is 10.7. The lowest BCUT2D eigenvalue weighted by Gasteiger charge is -1.95. The topological polar surface area (TPSA) is 58.3 Å². The zero-order valence-corrected chi connectivity index (χ0v) is 8.50. The van der Waals surface area contributed by atoms with E-state index >= 15 is 0 Å². The third-order valence-corrected chi connectivity index (χ3v) is 2.52. The fourth-order valence-corrected chi connectivity index (χ4v) is 1.66. The lowest BCUT2D eigenvalue weighted by Crippen LogP contribution is -2.34. The SMILES string of the molecule is O=S(=O)(O)c1ccc[n+](CCS)c1. The maximum Gasteiger partial charge on any atom is 0.300 e. The van der Waals surface area contributed by atoms with Crippen LogP contribution >= 0.6 is 12.6 Å². The van der Waals surface area contributed by atoms with Gasteiger partial charge in [-0.3, -0.25) is 4.55 Å². The molecule has 13 heavy (non-hydrogen) atoms. The van der Waals surface area contributed by atoms with E-state index in [1.165, 1.54) is 12.3 Å². The standard InChI is InChI=1S/C7H9NO3S2/c9-13(10,11)7-2-1-3-8(6-7)4-5-12/h1-3,6H,4-5H2,(H-,9,10,11,12)/p+1. The second-order valence-corrected chi connectivity index (χ2v) is 4.34. The predicted octanol–water partition coefficient (Wildman–Crippen LogP) is 0.151. The number of hydrogen-bond acceptors (Lipinski definition) is 3. The molecule has 0 atom stereocenters. The first-order chi connectivity index (χ1) is 6.04. The largest absolute Gasteiger partial charge is 0.300 e. The molecule has 0 saturated carbocycles. The Kier molecular flexibility index (Phi) is 3.29. The molecule has 0 aromatic carbocycles. The highest BCUT2D eigenvalue weighted by molar-refractivity contribution is 7.85. The van der Waals surface area contributed by atoms with E-state index in [0.717, 1.165) is 0 Å². The first-order valence-corrected chi connectivity index (χ1v) is 5.69. The summed E-state index contributed by atoms with van der Waals surface area (Å²) < 4.78 is 31.8. The van der Waals surface area contributed by atoms with Crippen molar-refractivity contribution < 1.29 is 17.5 Å². The number of aryl methyl sites for hydroxylation is 1. The van der Waals surface area contributed by atoms with Gasteiger partial charge in [-0.25, -0.2) is 4.57 Å². The van der Waals surface area contributed by atoms with E-state index in [1.54, 1.807) is 16.8 Å². The van der Waals surface area contributed by atoms with Gasteiger partial charge in [0.05, 0.1) is 0 Å². The third kappa shape index (κ3) is 2.98. The van der Waals surface area contributed by atoms with Gasteiger partial charge in [0.1, 0.15) is 0 Å². The van der Waals surface area contributed by atoms with Crippen molar-refractivity contribution in [3.63, 3.8) is 0 Å². The molecule has 0 fully saturated rings. The molecule has 1 rings (SSSR count). The van der Waals surface area contributed by atoms with Crippen molar-refractivity contribution in [3.8, 4) is 0 Å². The van der Waals surface area contributed by atoms with E-state index in [1.807, 2.05) is 0 Å². The van der Waals surface area contributed by atoms with Crippen LogP contribution in [0.3, 0.4) is 0 Å². The molecule has 4 nitrogen and oxygen atoms in total. The Morgan fingerprint density at radius 2 is 2.23 bits per heavy atom. The molecule has 0 amide bonds. The van der Waals surface area contributed by atoms with Crippen molar-refractivity contribution in [2.45, 2.75) is 11.4 Å². The normalized spacial score (nSPS) is 11.5. The summed E-state index contributed by atoms with van der Waals surface area (Å²) in [7, 11) is -4.09. The number of pyridine rings is 1. The van der Waals surface area contributed by atoms with Crippen LogP contribution in [0.5, 0.6) is 0 Å². The maximum absolute atomic E-state index is 10.7. The third-order valence-electron chi connectivity index (χ3n) is 1.49. The Balaban J connectivity index is 3.06. The zero-order chi connectivity index (χ0) is 9.90. The molecule has 0 unspecified atom stereocenters. The van der Waals surface area contributed by atoms with Crippen molar-refractivity contribution >= 4 is 22.7 Å². The molecule has 0 saturated heterocycles. The molecule has 0 aliphatic carbocycles. The number of hydrogen-bond donors (Lipinski definition) is 2. The summed E-state index contributed by atoms with van der Waals surface area (Å²) in [5.74, 6) is 0.611. The summed E-state index contributed by atoms with van der Waals surface area (Å²) >= 11 is 4.01. The highest BCUT2D eigenvalue weighted by Crippen LogP contribution is 2.02.